The summed E-state index contributed by atoms with van der Waals surface area (Å²) in [5.74, 6) is -1.25. The minimum atomic E-state index is -0.679. The van der Waals surface area contributed by atoms with E-state index in [-0.39, 0.29) is 11.4 Å². The Bertz CT molecular complexity index is 792. The van der Waals surface area contributed by atoms with Crippen LogP contribution < -0.4 is 5.73 Å². The third-order valence-corrected chi connectivity index (χ3v) is 3.16. The zero-order chi connectivity index (χ0) is 15.0. The van der Waals surface area contributed by atoms with Crippen LogP contribution in [0.3, 0.4) is 0 Å². The normalized spacial score (nSPS) is 10.8. The van der Waals surface area contributed by atoms with Crippen LogP contribution >= 0.6 is 0 Å². The molecule has 0 aliphatic carbocycles. The Balaban J connectivity index is 2.21. The molecule has 0 aliphatic rings. The minimum absolute atomic E-state index is 0.111. The molecule has 0 amide bonds. The first-order valence-electron chi connectivity index (χ1n) is 6.33. The molecule has 0 bridgehead atoms. The lowest BCUT2D eigenvalue weighted by molar-refractivity contribution is 0.439. The summed E-state index contributed by atoms with van der Waals surface area (Å²) in [5.41, 5.74) is 8.77. The maximum absolute atomic E-state index is 13.4. The Morgan fingerprint density at radius 3 is 2.38 bits per heavy atom. The molecule has 0 saturated heterocycles. The number of halogens is 2. The first kappa shape index (κ1) is 13.3. The van der Waals surface area contributed by atoms with E-state index in [1.54, 1.807) is 0 Å². The smallest absolute Gasteiger partial charge is 0.230 e. The van der Waals surface area contributed by atoms with E-state index >= 15 is 0 Å². The highest BCUT2D eigenvalue weighted by atomic mass is 19.1. The van der Waals surface area contributed by atoms with E-state index in [1.165, 1.54) is 12.1 Å². The van der Waals surface area contributed by atoms with Crippen molar-refractivity contribution >= 4 is 5.88 Å². The van der Waals surface area contributed by atoms with Crippen molar-refractivity contribution in [2.45, 2.75) is 6.92 Å². The standard InChI is InChI=1S/C16H12F2N2O/c1-9-3-2-4-10(5-9)14-15(20-21-16(14)19)11-6-12(17)8-13(18)7-11/h2-8H,19H2,1H3. The third kappa shape index (κ3) is 2.50. The number of benzene rings is 2. The molecule has 1 aromatic heterocycles. The molecule has 0 radical (unpaired) electrons. The number of anilines is 1. The van der Waals surface area contributed by atoms with Crippen molar-refractivity contribution in [2.75, 3.05) is 5.73 Å². The van der Waals surface area contributed by atoms with Crippen LogP contribution in [0.15, 0.2) is 47.0 Å². The zero-order valence-corrected chi connectivity index (χ0v) is 11.2. The quantitative estimate of drug-likeness (QED) is 0.769. The van der Waals surface area contributed by atoms with E-state index in [9.17, 15) is 8.78 Å². The fourth-order valence-corrected chi connectivity index (χ4v) is 2.27. The molecule has 3 nitrogen and oxygen atoms in total. The highest BCUT2D eigenvalue weighted by Gasteiger charge is 2.18. The van der Waals surface area contributed by atoms with Crippen LogP contribution in [-0.2, 0) is 0 Å². The van der Waals surface area contributed by atoms with Crippen molar-refractivity contribution in [2.24, 2.45) is 0 Å². The average Bonchev–Trinajstić information content (AvgIpc) is 2.79. The summed E-state index contributed by atoms with van der Waals surface area (Å²) in [6, 6.07) is 10.7. The van der Waals surface area contributed by atoms with Crippen molar-refractivity contribution in [3.05, 3.63) is 59.7 Å². The summed E-state index contributed by atoms with van der Waals surface area (Å²) in [4.78, 5) is 0. The molecule has 2 aromatic carbocycles. The lowest BCUT2D eigenvalue weighted by atomic mass is 9.99. The van der Waals surface area contributed by atoms with E-state index < -0.39 is 11.6 Å². The van der Waals surface area contributed by atoms with Gasteiger partial charge in [-0.05, 0) is 24.6 Å². The van der Waals surface area contributed by atoms with Gasteiger partial charge in [0, 0.05) is 11.6 Å². The predicted octanol–water partition coefficient (Wildman–Crippen LogP) is 4.18. The molecule has 2 N–H and O–H groups in total. The molecule has 21 heavy (non-hydrogen) atoms. The number of hydrogen-bond donors (Lipinski definition) is 1. The van der Waals surface area contributed by atoms with Crippen LogP contribution in [-0.4, -0.2) is 5.16 Å². The topological polar surface area (TPSA) is 52.0 Å². The highest BCUT2D eigenvalue weighted by Crippen LogP contribution is 2.36. The maximum Gasteiger partial charge on any atom is 0.230 e. The average molecular weight is 286 g/mol. The van der Waals surface area contributed by atoms with Gasteiger partial charge in [-0.2, -0.15) is 0 Å². The zero-order valence-electron chi connectivity index (χ0n) is 11.2. The van der Waals surface area contributed by atoms with E-state index in [0.29, 0.717) is 11.3 Å². The van der Waals surface area contributed by atoms with Gasteiger partial charge in [-0.1, -0.05) is 35.0 Å². The molecule has 1 heterocycles. The van der Waals surface area contributed by atoms with Gasteiger partial charge in [-0.3, -0.25) is 0 Å². The van der Waals surface area contributed by atoms with Gasteiger partial charge in [0.15, 0.2) is 0 Å². The maximum atomic E-state index is 13.4. The highest BCUT2D eigenvalue weighted by molar-refractivity contribution is 5.86. The van der Waals surface area contributed by atoms with Gasteiger partial charge >= 0.3 is 0 Å². The molecule has 106 valence electrons. The molecule has 0 fully saturated rings. The van der Waals surface area contributed by atoms with Crippen LogP contribution in [0.5, 0.6) is 0 Å². The van der Waals surface area contributed by atoms with Gasteiger partial charge in [0.25, 0.3) is 0 Å². The number of nitrogen functional groups attached to an aromatic ring is 1. The van der Waals surface area contributed by atoms with Crippen molar-refractivity contribution < 1.29 is 13.3 Å². The second-order valence-electron chi connectivity index (χ2n) is 4.80. The molecule has 3 aromatic rings. The first-order chi connectivity index (χ1) is 10.0. The number of nitrogens with zero attached hydrogens (tertiary/aromatic N) is 1. The van der Waals surface area contributed by atoms with Gasteiger partial charge < -0.3 is 10.3 Å². The molecule has 0 unspecified atom stereocenters. The third-order valence-electron chi connectivity index (χ3n) is 3.16. The van der Waals surface area contributed by atoms with E-state index in [2.05, 4.69) is 5.16 Å². The molecular formula is C16H12F2N2O. The largest absolute Gasteiger partial charge is 0.367 e. The second kappa shape index (κ2) is 5.01. The van der Waals surface area contributed by atoms with E-state index in [0.717, 1.165) is 17.2 Å². The Hall–Kier alpha value is -2.69. The fraction of sp³-hybridized carbons (Fsp3) is 0.0625. The minimum Gasteiger partial charge on any atom is -0.367 e. The van der Waals surface area contributed by atoms with E-state index in [1.807, 2.05) is 31.2 Å². The molecule has 0 saturated carbocycles. The van der Waals surface area contributed by atoms with Gasteiger partial charge in [0.2, 0.25) is 5.88 Å². The van der Waals surface area contributed by atoms with Crippen LogP contribution in [0.25, 0.3) is 22.4 Å². The van der Waals surface area contributed by atoms with Crippen molar-refractivity contribution in [3.8, 4) is 22.4 Å². The van der Waals surface area contributed by atoms with Gasteiger partial charge in [-0.25, -0.2) is 8.78 Å². The number of rotatable bonds is 2. The number of aryl methyl sites for hydroxylation is 1. The SMILES string of the molecule is Cc1cccc(-c2c(-c3cc(F)cc(F)c3)noc2N)c1. The predicted molar refractivity (Wildman–Crippen MR) is 76.4 cm³/mol. The molecule has 0 spiro atoms. The van der Waals surface area contributed by atoms with Crippen molar-refractivity contribution in [3.63, 3.8) is 0 Å². The van der Waals surface area contributed by atoms with Gasteiger partial charge in [0.05, 0.1) is 5.56 Å². The van der Waals surface area contributed by atoms with Crippen LogP contribution in [0.4, 0.5) is 14.7 Å². The van der Waals surface area contributed by atoms with Crippen LogP contribution in [0.2, 0.25) is 0 Å². The fourth-order valence-electron chi connectivity index (χ4n) is 2.27. The molecule has 0 aliphatic heterocycles. The summed E-state index contributed by atoms with van der Waals surface area (Å²) in [7, 11) is 0. The van der Waals surface area contributed by atoms with Gasteiger partial charge in [-0.15, -0.1) is 0 Å². The molecular weight excluding hydrogens is 274 g/mol. The Labute approximate surface area is 120 Å². The van der Waals surface area contributed by atoms with E-state index in [4.69, 9.17) is 10.3 Å². The molecule has 0 atom stereocenters. The van der Waals surface area contributed by atoms with Gasteiger partial charge in [0.1, 0.15) is 17.3 Å². The first-order valence-corrected chi connectivity index (χ1v) is 6.33. The Morgan fingerprint density at radius 2 is 1.71 bits per heavy atom. The van der Waals surface area contributed by atoms with Crippen LogP contribution in [0, 0.1) is 18.6 Å². The van der Waals surface area contributed by atoms with Crippen LogP contribution in [0.1, 0.15) is 5.56 Å². The number of nitrogens with two attached hydrogens (primary N) is 1. The number of hydrogen-bond acceptors (Lipinski definition) is 3. The lowest BCUT2D eigenvalue weighted by Gasteiger charge is -2.04. The second-order valence-corrected chi connectivity index (χ2v) is 4.80. The summed E-state index contributed by atoms with van der Waals surface area (Å²) in [5, 5.41) is 3.84. The van der Waals surface area contributed by atoms with Crippen molar-refractivity contribution in [1.82, 2.24) is 5.16 Å². The Morgan fingerprint density at radius 1 is 1.00 bits per heavy atom. The summed E-state index contributed by atoms with van der Waals surface area (Å²) < 4.78 is 31.8. The monoisotopic (exact) mass is 286 g/mol. The Kier molecular flexibility index (Phi) is 3.17. The lowest BCUT2D eigenvalue weighted by Crippen LogP contribution is -1.90. The summed E-state index contributed by atoms with van der Waals surface area (Å²) >= 11 is 0. The molecule has 3 rings (SSSR count). The molecule has 5 heteroatoms. The summed E-state index contributed by atoms with van der Waals surface area (Å²) in [6.07, 6.45) is 0. The number of aromatic nitrogens is 1. The van der Waals surface area contributed by atoms with Crippen molar-refractivity contribution in [1.29, 1.82) is 0 Å². The summed E-state index contributed by atoms with van der Waals surface area (Å²) in [6.45, 7) is 1.94.